The SMILES string of the molecule is CC(O)C(O)C(CO)OO.[H-].[H-].[K+].[Na+]. The van der Waals surface area contributed by atoms with Crippen LogP contribution in [0.2, 0.25) is 0 Å². The maximum absolute atomic E-state index is 8.89. The minimum absolute atomic E-state index is 0. The minimum atomic E-state index is -1.27. The van der Waals surface area contributed by atoms with Gasteiger partial charge in [0.05, 0.1) is 12.7 Å². The van der Waals surface area contributed by atoms with E-state index < -0.39 is 24.9 Å². The smallest absolute Gasteiger partial charge is 1.00 e. The van der Waals surface area contributed by atoms with Crippen molar-refractivity contribution in [3.8, 4) is 0 Å². The molecule has 0 heterocycles. The van der Waals surface area contributed by atoms with Gasteiger partial charge in [-0.3, -0.25) is 5.26 Å². The summed E-state index contributed by atoms with van der Waals surface area (Å²) in [5.74, 6) is 0. The maximum atomic E-state index is 8.89. The van der Waals surface area contributed by atoms with E-state index in [0.717, 1.165) is 0 Å². The van der Waals surface area contributed by atoms with Gasteiger partial charge in [0, 0.05) is 0 Å². The monoisotopic (exact) mass is 216 g/mol. The summed E-state index contributed by atoms with van der Waals surface area (Å²) in [6.07, 6.45) is -3.45. The van der Waals surface area contributed by atoms with Crippen LogP contribution in [0, 0.1) is 0 Å². The van der Waals surface area contributed by atoms with Gasteiger partial charge in [-0.2, -0.15) is 0 Å². The van der Waals surface area contributed by atoms with Crippen LogP contribution in [0.25, 0.3) is 0 Å². The molecule has 0 fully saturated rings. The van der Waals surface area contributed by atoms with Crippen molar-refractivity contribution in [1.29, 1.82) is 0 Å². The molecule has 4 N–H and O–H groups in total. The molecule has 0 aromatic rings. The van der Waals surface area contributed by atoms with E-state index in [1.165, 1.54) is 6.92 Å². The van der Waals surface area contributed by atoms with Gasteiger partial charge in [0.25, 0.3) is 0 Å². The van der Waals surface area contributed by atoms with E-state index in [-0.39, 0.29) is 83.8 Å². The van der Waals surface area contributed by atoms with Gasteiger partial charge < -0.3 is 18.2 Å². The van der Waals surface area contributed by atoms with E-state index in [0.29, 0.717) is 0 Å². The minimum Gasteiger partial charge on any atom is -1.00 e. The molecular weight excluding hydrogens is 202 g/mol. The molecule has 0 amide bonds. The largest absolute Gasteiger partial charge is 1.00 e. The number of hydrogen-bond donors (Lipinski definition) is 4. The third-order valence-electron chi connectivity index (χ3n) is 1.19. The fourth-order valence-electron chi connectivity index (χ4n) is 0.514. The average molecular weight is 216 g/mol. The van der Waals surface area contributed by atoms with E-state index in [9.17, 15) is 0 Å². The third-order valence-corrected chi connectivity index (χ3v) is 1.19. The molecule has 0 saturated heterocycles. The molecule has 7 heteroatoms. The van der Waals surface area contributed by atoms with Crippen molar-refractivity contribution in [3.63, 3.8) is 0 Å². The molecule has 0 rings (SSSR count). The van der Waals surface area contributed by atoms with E-state index in [1.807, 2.05) is 0 Å². The van der Waals surface area contributed by atoms with E-state index in [4.69, 9.17) is 20.6 Å². The molecule has 5 nitrogen and oxygen atoms in total. The van der Waals surface area contributed by atoms with Crippen molar-refractivity contribution in [2.24, 2.45) is 0 Å². The Bertz CT molecular complexity index is 98.2. The topological polar surface area (TPSA) is 90.2 Å². The van der Waals surface area contributed by atoms with E-state index in [1.54, 1.807) is 0 Å². The zero-order valence-electron chi connectivity index (χ0n) is 9.64. The summed E-state index contributed by atoms with van der Waals surface area (Å²) in [5, 5.41) is 34.0. The van der Waals surface area contributed by atoms with Gasteiger partial charge in [0.15, 0.2) is 0 Å². The quantitative estimate of drug-likeness (QED) is 0.213. The molecule has 3 unspecified atom stereocenters. The number of aliphatic hydroxyl groups excluding tert-OH is 3. The first kappa shape index (κ1) is 19.9. The molecule has 0 radical (unpaired) electrons. The molecule has 66 valence electrons. The standard InChI is InChI=1S/C5H12O5.K.Na.2H/c1-3(7)5(8)4(2-6)10-9;;;;/h3-9H,2H2,1H3;;;;/q;2*+1;2*-1. The number of aliphatic hydroxyl groups is 3. The van der Waals surface area contributed by atoms with Crippen LogP contribution in [0.3, 0.4) is 0 Å². The molecule has 0 aliphatic carbocycles. The van der Waals surface area contributed by atoms with Crippen LogP contribution in [-0.4, -0.2) is 45.5 Å². The molecule has 0 spiro atoms. The van der Waals surface area contributed by atoms with Gasteiger partial charge in [0.1, 0.15) is 12.2 Å². The van der Waals surface area contributed by atoms with Crippen molar-refractivity contribution in [1.82, 2.24) is 0 Å². The fraction of sp³-hybridized carbons (Fsp3) is 1.00. The zero-order valence-corrected chi connectivity index (χ0v) is 12.8. The second-order valence-electron chi connectivity index (χ2n) is 2.06. The Morgan fingerprint density at radius 2 is 1.83 bits per heavy atom. The second kappa shape index (κ2) is 11.5. The Hall–Kier alpha value is 2.44. The van der Waals surface area contributed by atoms with Crippen LogP contribution in [0.5, 0.6) is 0 Å². The number of rotatable bonds is 4. The van der Waals surface area contributed by atoms with Gasteiger partial charge >= 0.3 is 80.9 Å². The number of hydrogen-bond acceptors (Lipinski definition) is 5. The summed E-state index contributed by atoms with van der Waals surface area (Å²) in [4.78, 5) is 3.66. The summed E-state index contributed by atoms with van der Waals surface area (Å²) in [6, 6.07) is 0. The summed E-state index contributed by atoms with van der Waals surface area (Å²) in [7, 11) is 0. The van der Waals surface area contributed by atoms with Crippen molar-refractivity contribution < 1.29 is 109 Å². The van der Waals surface area contributed by atoms with Crippen molar-refractivity contribution >= 4 is 0 Å². The molecule has 0 saturated carbocycles. The predicted molar refractivity (Wildman–Crippen MR) is 34.5 cm³/mol. The van der Waals surface area contributed by atoms with Crippen LogP contribution < -0.4 is 80.9 Å². The molecule has 0 aliphatic rings. The Labute approximate surface area is 139 Å². The van der Waals surface area contributed by atoms with Gasteiger partial charge in [-0.05, 0) is 6.92 Å². The summed E-state index contributed by atoms with van der Waals surface area (Å²) in [6.45, 7) is 0.787. The summed E-state index contributed by atoms with van der Waals surface area (Å²) < 4.78 is 0. The van der Waals surface area contributed by atoms with Gasteiger partial charge in [-0.15, -0.1) is 0 Å². The van der Waals surface area contributed by atoms with Gasteiger partial charge in [0.2, 0.25) is 0 Å². The first-order chi connectivity index (χ1) is 4.63. The summed E-state index contributed by atoms with van der Waals surface area (Å²) in [5.41, 5.74) is 0. The molecule has 0 aromatic carbocycles. The predicted octanol–water partition coefficient (Wildman–Crippen LogP) is -7.19. The Balaban J connectivity index is -0.0000000675. The van der Waals surface area contributed by atoms with E-state index >= 15 is 0 Å². The van der Waals surface area contributed by atoms with Crippen molar-refractivity contribution in [2.75, 3.05) is 6.61 Å². The molecule has 0 aliphatic heterocycles. The van der Waals surface area contributed by atoms with Gasteiger partial charge in [-0.1, -0.05) is 0 Å². The molecule has 0 aromatic heterocycles. The zero-order chi connectivity index (χ0) is 8.15. The fourth-order valence-corrected chi connectivity index (χ4v) is 0.514. The van der Waals surface area contributed by atoms with Crippen LogP contribution in [-0.2, 0) is 4.89 Å². The Kier molecular flexibility index (Phi) is 19.1. The maximum Gasteiger partial charge on any atom is 1.00 e. The molecular formula is C5H14KNaO5. The Morgan fingerprint density at radius 3 is 1.92 bits per heavy atom. The van der Waals surface area contributed by atoms with Crippen molar-refractivity contribution in [2.45, 2.75) is 25.2 Å². The van der Waals surface area contributed by atoms with Crippen LogP contribution in [0.1, 0.15) is 9.78 Å². The first-order valence-electron chi connectivity index (χ1n) is 2.90. The molecule has 3 atom stereocenters. The average Bonchev–Trinajstić information content (AvgIpc) is 1.90. The first-order valence-corrected chi connectivity index (χ1v) is 2.90. The van der Waals surface area contributed by atoms with E-state index in [2.05, 4.69) is 4.89 Å². The van der Waals surface area contributed by atoms with Crippen molar-refractivity contribution in [3.05, 3.63) is 0 Å². The molecule has 0 bridgehead atoms. The van der Waals surface area contributed by atoms with Crippen LogP contribution >= 0.6 is 0 Å². The summed E-state index contributed by atoms with van der Waals surface area (Å²) >= 11 is 0. The normalized spacial score (nSPS) is 16.8. The second-order valence-corrected chi connectivity index (χ2v) is 2.06. The Morgan fingerprint density at radius 1 is 1.42 bits per heavy atom. The van der Waals surface area contributed by atoms with Crippen LogP contribution in [0.15, 0.2) is 0 Å². The van der Waals surface area contributed by atoms with Gasteiger partial charge in [-0.25, -0.2) is 4.89 Å². The molecule has 12 heavy (non-hydrogen) atoms. The van der Waals surface area contributed by atoms with Crippen LogP contribution in [0.4, 0.5) is 0 Å². The third kappa shape index (κ3) is 7.80.